The third kappa shape index (κ3) is 0.821. The second kappa shape index (κ2) is 2.08. The molecule has 2 rings (SSSR count). The molecule has 0 saturated heterocycles. The number of nitrogens with zero attached hydrogens (tertiary/aromatic N) is 1. The van der Waals surface area contributed by atoms with Crippen LogP contribution in [0.25, 0.3) is 0 Å². The number of hydrogen-bond acceptors (Lipinski definition) is 0. The Kier molecular flexibility index (Phi) is 1.23. The molecule has 0 aliphatic heterocycles. The Morgan fingerprint density at radius 1 is 1.30 bits per heavy atom. The molecule has 10 heavy (non-hydrogen) atoms. The van der Waals surface area contributed by atoms with E-state index in [1.165, 1.54) is 19.3 Å². The monoisotopic (exact) mass is 134 g/mol. The molecule has 1 aliphatic carbocycles. The van der Waals surface area contributed by atoms with Gasteiger partial charge in [-0.05, 0) is 24.8 Å². The predicted octanol–water partition coefficient (Wildman–Crippen LogP) is 1.000. The summed E-state index contributed by atoms with van der Waals surface area (Å²) in [5.41, 5.74) is 3.10. The zero-order valence-electron chi connectivity index (χ0n) is 6.30. The Balaban J connectivity index is 2.52. The molecule has 0 unspecified atom stereocenters. The topological polar surface area (TPSA) is 3.88 Å². The van der Waals surface area contributed by atoms with Gasteiger partial charge in [0.15, 0.2) is 12.4 Å². The summed E-state index contributed by atoms with van der Waals surface area (Å²) in [6, 6.07) is 2.24. The van der Waals surface area contributed by atoms with Gasteiger partial charge in [0.2, 0.25) is 0 Å². The number of hydrogen-bond donors (Lipinski definition) is 0. The SMILES string of the molecule is C[n+]1ccc2c(c1)CCC2. The Bertz CT molecular complexity index is 253. The first-order chi connectivity index (χ1) is 4.86. The molecule has 1 aromatic heterocycles. The fraction of sp³-hybridized carbons (Fsp3) is 0.444. The molecule has 1 nitrogen and oxygen atoms in total. The molecule has 0 aromatic carbocycles. The minimum Gasteiger partial charge on any atom is -0.208 e. The van der Waals surface area contributed by atoms with Gasteiger partial charge < -0.3 is 0 Å². The maximum Gasteiger partial charge on any atom is 0.171 e. The van der Waals surface area contributed by atoms with Crippen molar-refractivity contribution in [2.45, 2.75) is 19.3 Å². The lowest BCUT2D eigenvalue weighted by Gasteiger charge is -1.93. The van der Waals surface area contributed by atoms with Crippen molar-refractivity contribution in [3.63, 3.8) is 0 Å². The Morgan fingerprint density at radius 3 is 3.00 bits per heavy atom. The van der Waals surface area contributed by atoms with Gasteiger partial charge in [0.1, 0.15) is 7.05 Å². The van der Waals surface area contributed by atoms with Gasteiger partial charge in [0.25, 0.3) is 0 Å². The molecular weight excluding hydrogens is 122 g/mol. The lowest BCUT2D eigenvalue weighted by atomic mass is 10.2. The largest absolute Gasteiger partial charge is 0.208 e. The van der Waals surface area contributed by atoms with E-state index in [9.17, 15) is 0 Å². The van der Waals surface area contributed by atoms with Crippen LogP contribution in [-0.2, 0) is 19.9 Å². The molecule has 0 bridgehead atoms. The first kappa shape index (κ1) is 5.90. The summed E-state index contributed by atoms with van der Waals surface area (Å²) in [7, 11) is 2.08. The van der Waals surface area contributed by atoms with Crippen molar-refractivity contribution in [1.82, 2.24) is 0 Å². The third-order valence-electron chi connectivity index (χ3n) is 2.18. The normalized spacial score (nSPS) is 15.3. The first-order valence-electron chi connectivity index (χ1n) is 3.83. The van der Waals surface area contributed by atoms with Gasteiger partial charge in [-0.2, -0.15) is 0 Å². The quantitative estimate of drug-likeness (QED) is 0.466. The van der Waals surface area contributed by atoms with Crippen LogP contribution in [0, 0.1) is 0 Å². The van der Waals surface area contributed by atoms with Crippen molar-refractivity contribution >= 4 is 0 Å². The molecule has 52 valence electrons. The molecule has 0 spiro atoms. The summed E-state index contributed by atoms with van der Waals surface area (Å²) in [5.74, 6) is 0. The van der Waals surface area contributed by atoms with Gasteiger partial charge in [-0.25, -0.2) is 4.57 Å². The van der Waals surface area contributed by atoms with E-state index in [0.717, 1.165) is 0 Å². The summed E-state index contributed by atoms with van der Waals surface area (Å²) < 4.78 is 2.13. The number of aryl methyl sites for hydroxylation is 3. The number of pyridine rings is 1. The molecule has 0 radical (unpaired) electrons. The minimum absolute atomic E-state index is 1.28. The fourth-order valence-electron chi connectivity index (χ4n) is 1.62. The van der Waals surface area contributed by atoms with Crippen molar-refractivity contribution in [2.75, 3.05) is 0 Å². The van der Waals surface area contributed by atoms with Gasteiger partial charge in [-0.15, -0.1) is 0 Å². The van der Waals surface area contributed by atoms with Gasteiger partial charge in [-0.1, -0.05) is 0 Å². The van der Waals surface area contributed by atoms with E-state index >= 15 is 0 Å². The van der Waals surface area contributed by atoms with Crippen molar-refractivity contribution < 1.29 is 4.57 Å². The first-order valence-corrected chi connectivity index (χ1v) is 3.83. The van der Waals surface area contributed by atoms with Crippen LogP contribution in [0.5, 0.6) is 0 Å². The molecule has 0 N–H and O–H groups in total. The zero-order valence-corrected chi connectivity index (χ0v) is 6.30. The maximum atomic E-state index is 2.24. The van der Waals surface area contributed by atoms with Gasteiger partial charge in [0, 0.05) is 11.6 Å². The second-order valence-corrected chi connectivity index (χ2v) is 3.01. The summed E-state index contributed by atoms with van der Waals surface area (Å²) in [5, 5.41) is 0. The van der Waals surface area contributed by atoms with Crippen molar-refractivity contribution in [2.24, 2.45) is 7.05 Å². The molecule has 0 saturated carbocycles. The molecular formula is C9H12N+. The van der Waals surface area contributed by atoms with Gasteiger partial charge >= 0.3 is 0 Å². The number of rotatable bonds is 0. The van der Waals surface area contributed by atoms with E-state index in [1.807, 2.05) is 0 Å². The molecule has 0 fully saturated rings. The van der Waals surface area contributed by atoms with E-state index in [4.69, 9.17) is 0 Å². The second-order valence-electron chi connectivity index (χ2n) is 3.01. The zero-order chi connectivity index (χ0) is 6.97. The predicted molar refractivity (Wildman–Crippen MR) is 39.6 cm³/mol. The van der Waals surface area contributed by atoms with Crippen LogP contribution in [-0.4, -0.2) is 0 Å². The third-order valence-corrected chi connectivity index (χ3v) is 2.18. The van der Waals surface area contributed by atoms with Crippen LogP contribution >= 0.6 is 0 Å². The molecule has 1 heterocycles. The number of aromatic nitrogens is 1. The minimum atomic E-state index is 1.28. The average Bonchev–Trinajstić information content (AvgIpc) is 2.33. The fourth-order valence-corrected chi connectivity index (χ4v) is 1.62. The van der Waals surface area contributed by atoms with Crippen molar-refractivity contribution in [3.05, 3.63) is 29.6 Å². The van der Waals surface area contributed by atoms with Crippen LogP contribution in [0.3, 0.4) is 0 Å². The maximum absolute atomic E-state index is 2.24. The van der Waals surface area contributed by atoms with Crippen LogP contribution in [0.4, 0.5) is 0 Å². The highest BCUT2D eigenvalue weighted by Crippen LogP contribution is 2.18. The van der Waals surface area contributed by atoms with Gasteiger partial charge in [0.05, 0.1) is 0 Å². The van der Waals surface area contributed by atoms with Crippen LogP contribution < -0.4 is 4.57 Å². The smallest absolute Gasteiger partial charge is 0.171 e. The molecule has 1 aromatic rings. The van der Waals surface area contributed by atoms with Crippen LogP contribution in [0.2, 0.25) is 0 Å². The summed E-state index contributed by atoms with van der Waals surface area (Å²) >= 11 is 0. The summed E-state index contributed by atoms with van der Waals surface area (Å²) in [4.78, 5) is 0. The molecule has 0 atom stereocenters. The Hall–Kier alpha value is -0.850. The standard InChI is InChI=1S/C9H12N/c1-10-6-5-8-3-2-4-9(8)7-10/h5-7H,2-4H2,1H3/q+1. The Labute approximate surface area is 61.3 Å². The summed E-state index contributed by atoms with van der Waals surface area (Å²) in [6.07, 6.45) is 8.28. The lowest BCUT2D eigenvalue weighted by Crippen LogP contribution is -2.27. The average molecular weight is 134 g/mol. The van der Waals surface area contributed by atoms with E-state index in [1.54, 1.807) is 11.1 Å². The van der Waals surface area contributed by atoms with E-state index < -0.39 is 0 Å². The van der Waals surface area contributed by atoms with Crippen LogP contribution in [0.15, 0.2) is 18.5 Å². The Morgan fingerprint density at radius 2 is 2.10 bits per heavy atom. The summed E-state index contributed by atoms with van der Waals surface area (Å²) in [6.45, 7) is 0. The molecule has 1 aliphatic rings. The van der Waals surface area contributed by atoms with Gasteiger partial charge in [-0.3, -0.25) is 0 Å². The molecule has 0 amide bonds. The van der Waals surface area contributed by atoms with Crippen molar-refractivity contribution in [1.29, 1.82) is 0 Å². The van der Waals surface area contributed by atoms with Crippen molar-refractivity contribution in [3.8, 4) is 0 Å². The number of fused-ring (bicyclic) bond motifs is 1. The molecule has 1 heteroatoms. The van der Waals surface area contributed by atoms with E-state index in [2.05, 4.69) is 30.1 Å². The van der Waals surface area contributed by atoms with Crippen LogP contribution in [0.1, 0.15) is 17.5 Å². The highest BCUT2D eigenvalue weighted by molar-refractivity contribution is 5.25. The highest BCUT2D eigenvalue weighted by Gasteiger charge is 2.12. The van der Waals surface area contributed by atoms with E-state index in [0.29, 0.717) is 0 Å². The highest BCUT2D eigenvalue weighted by atomic mass is 14.9. The lowest BCUT2D eigenvalue weighted by molar-refractivity contribution is -0.671. The van der Waals surface area contributed by atoms with E-state index in [-0.39, 0.29) is 0 Å².